The van der Waals surface area contributed by atoms with Gasteiger partial charge in [-0.25, -0.2) is 9.18 Å². The van der Waals surface area contributed by atoms with Crippen LogP contribution < -0.4 is 0 Å². The van der Waals surface area contributed by atoms with Gasteiger partial charge in [-0.2, -0.15) is 0 Å². The second kappa shape index (κ2) is 6.79. The number of amides is 1. The number of nitrogens with zero attached hydrogens (tertiary/aromatic N) is 1. The third kappa shape index (κ3) is 3.87. The quantitative estimate of drug-likeness (QED) is 0.869. The predicted octanol–water partition coefficient (Wildman–Crippen LogP) is 4.26. The lowest BCUT2D eigenvalue weighted by atomic mass is 9.82. The zero-order chi connectivity index (χ0) is 18.2. The van der Waals surface area contributed by atoms with E-state index in [1.165, 1.54) is 6.07 Å². The molecule has 4 nitrogen and oxygen atoms in total. The summed E-state index contributed by atoms with van der Waals surface area (Å²) in [5, 5.41) is 9.32. The number of fused-ring (bicyclic) bond motifs is 2. The van der Waals surface area contributed by atoms with Crippen LogP contribution in [0.1, 0.15) is 57.6 Å². The van der Waals surface area contributed by atoms with Crippen molar-refractivity contribution in [2.24, 2.45) is 0 Å². The highest BCUT2D eigenvalue weighted by atomic mass is 19.1. The lowest BCUT2D eigenvalue weighted by molar-refractivity contribution is 0.0000775. The molecular formula is C20H26FNO3. The van der Waals surface area contributed by atoms with E-state index >= 15 is 0 Å². The summed E-state index contributed by atoms with van der Waals surface area (Å²) < 4.78 is 19.9. The minimum atomic E-state index is -0.531. The topological polar surface area (TPSA) is 49.8 Å². The normalized spacial score (nSPS) is 23.2. The van der Waals surface area contributed by atoms with Gasteiger partial charge in [-0.1, -0.05) is 12.1 Å². The zero-order valence-electron chi connectivity index (χ0n) is 15.1. The Morgan fingerprint density at radius 1 is 1.36 bits per heavy atom. The van der Waals surface area contributed by atoms with Gasteiger partial charge < -0.3 is 9.84 Å². The minimum absolute atomic E-state index is 0.0331. The smallest absolute Gasteiger partial charge is 0.411 e. The van der Waals surface area contributed by atoms with Crippen molar-refractivity contribution in [1.29, 1.82) is 0 Å². The summed E-state index contributed by atoms with van der Waals surface area (Å²) in [5.41, 5.74) is 1.61. The average molecular weight is 347 g/mol. The minimum Gasteiger partial charge on any atom is -0.444 e. The maximum atomic E-state index is 14.3. The van der Waals surface area contributed by atoms with Crippen LogP contribution in [0.3, 0.4) is 0 Å². The maximum Gasteiger partial charge on any atom is 0.411 e. The number of carbonyl (C=O) groups is 1. The molecule has 5 heteroatoms. The third-order valence-corrected chi connectivity index (χ3v) is 4.80. The number of hydrogen-bond donors (Lipinski definition) is 1. The van der Waals surface area contributed by atoms with Gasteiger partial charge in [-0.05, 0) is 69.7 Å². The molecule has 3 rings (SSSR count). The molecule has 2 heterocycles. The first kappa shape index (κ1) is 17.9. The fourth-order valence-electron chi connectivity index (χ4n) is 3.75. The number of ether oxygens (including phenoxy) is 1. The Morgan fingerprint density at radius 3 is 2.76 bits per heavy atom. The van der Waals surface area contributed by atoms with Crippen molar-refractivity contribution in [3.63, 3.8) is 0 Å². The summed E-state index contributed by atoms with van der Waals surface area (Å²) in [5.74, 6) is -0.285. The van der Waals surface area contributed by atoms with Crippen molar-refractivity contribution in [3.8, 4) is 0 Å². The summed E-state index contributed by atoms with van der Waals surface area (Å²) in [6.07, 6.45) is 5.13. The number of aliphatic hydroxyl groups excluding tert-OH is 1. The largest absolute Gasteiger partial charge is 0.444 e. The SMILES string of the molecule is CC(C)(C)OC(=O)N1C2C=C(c3cc(CO)ccc3F)CC1CCC2. The van der Waals surface area contributed by atoms with Crippen molar-refractivity contribution < 1.29 is 19.0 Å². The van der Waals surface area contributed by atoms with Gasteiger partial charge in [0.2, 0.25) is 0 Å². The van der Waals surface area contributed by atoms with E-state index in [2.05, 4.69) is 0 Å². The van der Waals surface area contributed by atoms with Crippen LogP contribution >= 0.6 is 0 Å². The molecule has 0 aliphatic carbocycles. The molecule has 0 spiro atoms. The molecule has 0 radical (unpaired) electrons. The molecule has 1 N–H and O–H groups in total. The van der Waals surface area contributed by atoms with Gasteiger partial charge >= 0.3 is 6.09 Å². The number of piperidine rings is 1. The van der Waals surface area contributed by atoms with E-state index in [9.17, 15) is 14.3 Å². The summed E-state index contributed by atoms with van der Waals surface area (Å²) >= 11 is 0. The van der Waals surface area contributed by atoms with Crippen molar-refractivity contribution in [1.82, 2.24) is 4.90 Å². The predicted molar refractivity (Wildman–Crippen MR) is 94.4 cm³/mol. The number of hydrogen-bond acceptors (Lipinski definition) is 3. The zero-order valence-corrected chi connectivity index (χ0v) is 15.1. The number of rotatable bonds is 2. The first-order chi connectivity index (χ1) is 11.8. The van der Waals surface area contributed by atoms with E-state index in [-0.39, 0.29) is 30.6 Å². The van der Waals surface area contributed by atoms with E-state index in [0.717, 1.165) is 24.8 Å². The van der Waals surface area contributed by atoms with Crippen molar-refractivity contribution in [2.75, 3.05) is 0 Å². The molecule has 2 unspecified atom stereocenters. The molecule has 2 aliphatic heterocycles. The molecule has 1 amide bonds. The Balaban J connectivity index is 1.90. The second-order valence-corrected chi connectivity index (χ2v) is 7.91. The number of carbonyl (C=O) groups excluding carboxylic acids is 1. The van der Waals surface area contributed by atoms with E-state index in [0.29, 0.717) is 17.5 Å². The molecule has 2 bridgehead atoms. The van der Waals surface area contributed by atoms with Crippen molar-refractivity contribution >= 4 is 11.7 Å². The maximum absolute atomic E-state index is 14.3. The molecule has 1 aromatic carbocycles. The lowest BCUT2D eigenvalue weighted by Gasteiger charge is -2.45. The summed E-state index contributed by atoms with van der Waals surface area (Å²) in [4.78, 5) is 14.4. The second-order valence-electron chi connectivity index (χ2n) is 7.91. The van der Waals surface area contributed by atoms with Gasteiger partial charge in [-0.15, -0.1) is 0 Å². The van der Waals surface area contributed by atoms with E-state index < -0.39 is 5.60 Å². The molecule has 2 atom stereocenters. The standard InChI is InChI=1S/C20H26FNO3/c1-20(2,3)25-19(24)22-15-5-4-6-16(22)11-14(10-15)17-9-13(12-23)7-8-18(17)21/h7-10,15-16,23H,4-6,11-12H2,1-3H3. The Bertz CT molecular complexity index is 693. The molecule has 0 aromatic heterocycles. The van der Waals surface area contributed by atoms with Crippen LogP contribution in [0.15, 0.2) is 24.3 Å². The first-order valence-electron chi connectivity index (χ1n) is 8.90. The van der Waals surface area contributed by atoms with E-state index in [1.54, 1.807) is 12.1 Å². The molecule has 2 aliphatic rings. The highest BCUT2D eigenvalue weighted by molar-refractivity contribution is 5.75. The van der Waals surface area contributed by atoms with Gasteiger partial charge in [0.15, 0.2) is 0 Å². The Labute approximate surface area is 148 Å². The van der Waals surface area contributed by atoms with Gasteiger partial charge in [0, 0.05) is 11.6 Å². The van der Waals surface area contributed by atoms with Crippen LogP contribution in [0.25, 0.3) is 5.57 Å². The van der Waals surface area contributed by atoms with Gasteiger partial charge in [0.25, 0.3) is 0 Å². The fourth-order valence-corrected chi connectivity index (χ4v) is 3.75. The summed E-state index contributed by atoms with van der Waals surface area (Å²) in [6.45, 7) is 5.47. The number of benzene rings is 1. The third-order valence-electron chi connectivity index (χ3n) is 4.80. The Kier molecular flexibility index (Phi) is 4.87. The van der Waals surface area contributed by atoms with Crippen LogP contribution in [-0.4, -0.2) is 33.8 Å². The molecule has 1 aromatic rings. The fraction of sp³-hybridized carbons (Fsp3) is 0.550. The van der Waals surface area contributed by atoms with Crippen molar-refractivity contribution in [2.45, 2.75) is 70.7 Å². The van der Waals surface area contributed by atoms with Crippen molar-refractivity contribution in [3.05, 3.63) is 41.2 Å². The average Bonchev–Trinajstić information content (AvgIpc) is 2.52. The highest BCUT2D eigenvalue weighted by Gasteiger charge is 2.39. The molecule has 1 fully saturated rings. The molecule has 25 heavy (non-hydrogen) atoms. The van der Waals surface area contributed by atoms with Gasteiger partial charge in [-0.3, -0.25) is 4.90 Å². The first-order valence-corrected chi connectivity index (χ1v) is 8.90. The molecule has 1 saturated heterocycles. The Hall–Kier alpha value is -1.88. The van der Waals surface area contributed by atoms with Crippen LogP contribution in [0.5, 0.6) is 0 Å². The van der Waals surface area contributed by atoms with E-state index in [1.807, 2.05) is 31.7 Å². The molecule has 0 saturated carbocycles. The summed E-state index contributed by atoms with van der Waals surface area (Å²) in [6, 6.07) is 4.67. The van der Waals surface area contributed by atoms with Crippen LogP contribution in [0, 0.1) is 5.82 Å². The number of halogens is 1. The lowest BCUT2D eigenvalue weighted by Crippen LogP contribution is -2.53. The van der Waals surface area contributed by atoms with E-state index in [4.69, 9.17) is 4.74 Å². The highest BCUT2D eigenvalue weighted by Crippen LogP contribution is 2.38. The van der Waals surface area contributed by atoms with Crippen LogP contribution in [-0.2, 0) is 11.3 Å². The molecule has 136 valence electrons. The Morgan fingerprint density at radius 2 is 2.12 bits per heavy atom. The number of aliphatic hydroxyl groups is 1. The monoisotopic (exact) mass is 347 g/mol. The van der Waals surface area contributed by atoms with Crippen LogP contribution in [0.4, 0.5) is 9.18 Å². The van der Waals surface area contributed by atoms with Crippen LogP contribution in [0.2, 0.25) is 0 Å². The summed E-state index contributed by atoms with van der Waals surface area (Å²) in [7, 11) is 0. The van der Waals surface area contributed by atoms with Gasteiger partial charge in [0.1, 0.15) is 11.4 Å². The van der Waals surface area contributed by atoms with Gasteiger partial charge in [0.05, 0.1) is 12.6 Å². The molecular weight excluding hydrogens is 321 g/mol.